The Morgan fingerprint density at radius 3 is 1.97 bits per heavy atom. The third-order valence-corrected chi connectivity index (χ3v) is 12.9. The molecule has 0 aromatic heterocycles. The molecule has 5 fully saturated rings. The summed E-state index contributed by atoms with van der Waals surface area (Å²) in [5.41, 5.74) is -0.682. The average Bonchev–Trinajstić information content (AvgIpc) is 2.72. The molecule has 2 spiro atoms. The minimum Gasteiger partial charge on any atom is -0.390 e. The predicted octanol–water partition coefficient (Wildman–Crippen LogP) is 5.81. The number of hydrogen-bond donors (Lipinski definition) is 2. The quantitative estimate of drug-likeness (QED) is 0.355. The van der Waals surface area contributed by atoms with E-state index in [4.69, 9.17) is 9.78 Å². The van der Waals surface area contributed by atoms with Crippen molar-refractivity contribution in [3.8, 4) is 0 Å². The number of aliphatic hydroxyl groups excluding tert-OH is 2. The molecule has 7 aliphatic rings. The fourth-order valence-electron chi connectivity index (χ4n) is 11.1. The first-order chi connectivity index (χ1) is 15.2. The van der Waals surface area contributed by atoms with E-state index in [1.807, 2.05) is 0 Å². The van der Waals surface area contributed by atoms with Crippen LogP contribution in [0.25, 0.3) is 0 Å². The van der Waals surface area contributed by atoms with E-state index in [9.17, 15) is 10.2 Å². The lowest BCUT2D eigenvalue weighted by Gasteiger charge is -2.76. The Morgan fingerprint density at radius 1 is 0.697 bits per heavy atom. The van der Waals surface area contributed by atoms with Gasteiger partial charge >= 0.3 is 0 Å². The minimum absolute atomic E-state index is 0.0275. The van der Waals surface area contributed by atoms with Crippen LogP contribution in [0, 0.1) is 44.8 Å². The largest absolute Gasteiger partial charge is 0.390 e. The molecule has 2 heterocycles. The molecule has 7 rings (SSSR count). The van der Waals surface area contributed by atoms with Gasteiger partial charge in [-0.15, -0.1) is 0 Å². The highest BCUT2D eigenvalue weighted by Crippen LogP contribution is 2.78. The third kappa shape index (κ3) is 2.43. The Hall–Kier alpha value is -0.420. The molecule has 10 atom stereocenters. The van der Waals surface area contributed by atoms with Crippen molar-refractivity contribution >= 4 is 0 Å². The van der Waals surface area contributed by atoms with Crippen LogP contribution < -0.4 is 0 Å². The van der Waals surface area contributed by atoms with Crippen LogP contribution in [0.1, 0.15) is 99.8 Å². The zero-order chi connectivity index (χ0) is 23.9. The molecule has 0 amide bonds. The second kappa shape index (κ2) is 6.28. The molecule has 0 aromatic carbocycles. The molecule has 4 saturated carbocycles. The van der Waals surface area contributed by atoms with Crippen molar-refractivity contribution in [1.82, 2.24) is 0 Å². The molecule has 5 aliphatic carbocycles. The summed E-state index contributed by atoms with van der Waals surface area (Å²) in [5.74, 6) is 1.30. The van der Waals surface area contributed by atoms with Crippen molar-refractivity contribution in [2.45, 2.75) is 123 Å². The first-order valence-corrected chi connectivity index (χ1v) is 13.6. The van der Waals surface area contributed by atoms with Gasteiger partial charge in [0.1, 0.15) is 11.2 Å². The molecule has 0 unspecified atom stereocenters. The van der Waals surface area contributed by atoms with Gasteiger partial charge in [0.05, 0.1) is 12.2 Å². The van der Waals surface area contributed by atoms with Gasteiger partial charge in [0, 0.05) is 16.7 Å². The van der Waals surface area contributed by atoms with Crippen molar-refractivity contribution in [3.63, 3.8) is 0 Å². The maximum atomic E-state index is 11.0. The predicted molar refractivity (Wildman–Crippen MR) is 128 cm³/mol. The molecule has 4 nitrogen and oxygen atoms in total. The smallest absolute Gasteiger partial charge is 0.133 e. The average molecular weight is 459 g/mol. The van der Waals surface area contributed by atoms with Gasteiger partial charge in [-0.05, 0) is 85.5 Å². The summed E-state index contributed by atoms with van der Waals surface area (Å²) >= 11 is 0. The summed E-state index contributed by atoms with van der Waals surface area (Å²) < 4.78 is 0. The Labute approximate surface area is 200 Å². The highest BCUT2D eigenvalue weighted by Gasteiger charge is 2.78. The van der Waals surface area contributed by atoms with Crippen LogP contribution in [-0.2, 0) is 9.78 Å². The molecular formula is C29H46O4. The summed E-state index contributed by atoms with van der Waals surface area (Å²) in [7, 11) is 0. The number of fused-ring (bicyclic) bond motifs is 4. The van der Waals surface area contributed by atoms with Crippen LogP contribution in [0.15, 0.2) is 12.2 Å². The van der Waals surface area contributed by atoms with Crippen LogP contribution in [0.3, 0.4) is 0 Å². The maximum absolute atomic E-state index is 11.0. The number of hydrogen-bond acceptors (Lipinski definition) is 4. The van der Waals surface area contributed by atoms with E-state index in [2.05, 4.69) is 60.6 Å². The lowest BCUT2D eigenvalue weighted by atomic mass is 9.32. The Bertz CT molecular complexity index is 894. The second-order valence-electron chi connectivity index (χ2n) is 15.2. The molecule has 0 aromatic rings. The van der Waals surface area contributed by atoms with E-state index < -0.39 is 17.8 Å². The maximum Gasteiger partial charge on any atom is 0.133 e. The van der Waals surface area contributed by atoms with Crippen LogP contribution in [-0.4, -0.2) is 33.6 Å². The SMILES string of the molecule is CC1(C)CC[C@@]23C=C[C@@]4(OO2)[C@@](C)(CC[C@@H]2[C@@]5(C)C[C@@H](O)[C@H](O)C(C)(C)[C@@H]5CC[C@]24C)[C@@H]3C1. The molecule has 1 saturated heterocycles. The first-order valence-electron chi connectivity index (χ1n) is 13.6. The van der Waals surface area contributed by atoms with E-state index in [0.717, 1.165) is 25.7 Å². The van der Waals surface area contributed by atoms with E-state index in [1.54, 1.807) is 0 Å². The topological polar surface area (TPSA) is 58.9 Å². The molecule has 33 heavy (non-hydrogen) atoms. The van der Waals surface area contributed by atoms with Crippen LogP contribution >= 0.6 is 0 Å². The highest BCUT2D eigenvalue weighted by atomic mass is 17.2. The molecule has 186 valence electrons. The van der Waals surface area contributed by atoms with Crippen molar-refractivity contribution in [1.29, 1.82) is 0 Å². The summed E-state index contributed by atoms with van der Waals surface area (Å²) in [6.45, 7) is 16.6. The van der Waals surface area contributed by atoms with Gasteiger partial charge in [-0.2, -0.15) is 0 Å². The van der Waals surface area contributed by atoms with Crippen LogP contribution in [0.2, 0.25) is 0 Å². The lowest BCUT2D eigenvalue weighted by Crippen LogP contribution is -2.78. The zero-order valence-electron chi connectivity index (χ0n) is 21.9. The number of aliphatic hydroxyl groups is 2. The monoisotopic (exact) mass is 458 g/mol. The van der Waals surface area contributed by atoms with Crippen molar-refractivity contribution in [3.05, 3.63) is 12.2 Å². The van der Waals surface area contributed by atoms with Crippen LogP contribution in [0.4, 0.5) is 0 Å². The van der Waals surface area contributed by atoms with Crippen molar-refractivity contribution in [2.24, 2.45) is 44.8 Å². The Balaban J connectivity index is 1.47. The molecule has 2 N–H and O–H groups in total. The number of rotatable bonds is 0. The highest BCUT2D eigenvalue weighted by molar-refractivity contribution is 5.35. The van der Waals surface area contributed by atoms with Gasteiger partial charge in [-0.25, -0.2) is 9.78 Å². The van der Waals surface area contributed by atoms with Gasteiger partial charge in [-0.3, -0.25) is 0 Å². The van der Waals surface area contributed by atoms with Gasteiger partial charge in [0.2, 0.25) is 0 Å². The fourth-order valence-corrected chi connectivity index (χ4v) is 11.1. The first kappa shape index (κ1) is 23.0. The molecule has 4 heteroatoms. The van der Waals surface area contributed by atoms with Crippen LogP contribution in [0.5, 0.6) is 0 Å². The van der Waals surface area contributed by atoms with E-state index in [1.165, 1.54) is 19.3 Å². The summed E-state index contributed by atoms with van der Waals surface area (Å²) in [4.78, 5) is 13.2. The van der Waals surface area contributed by atoms with Gasteiger partial charge < -0.3 is 10.2 Å². The standard InChI is InChI=1S/C29H46O4/c1-23(2)12-13-28-14-15-29(33-32-28)26(6)10-8-19-24(3,4)22(31)18(30)16-25(19,5)20(26)9-11-27(29,7)21(28)17-23/h14-15,18-22,30-31H,8-13,16-17H2,1-7H3/t18-,19+,20-,21+,22+,25+,26-,27+,28+,29+/m1/s1. The molecule has 2 bridgehead atoms. The van der Waals surface area contributed by atoms with Gasteiger partial charge in [-0.1, -0.05) is 54.5 Å². The lowest BCUT2D eigenvalue weighted by molar-refractivity contribution is -0.512. The fraction of sp³-hybridized carbons (Fsp3) is 0.931. The second-order valence-corrected chi connectivity index (χ2v) is 15.2. The third-order valence-electron chi connectivity index (χ3n) is 12.9. The molecule has 0 radical (unpaired) electrons. The summed E-state index contributed by atoms with van der Waals surface area (Å²) in [6.07, 6.45) is 12.1. The van der Waals surface area contributed by atoms with Crippen molar-refractivity contribution < 1.29 is 20.0 Å². The molecular weight excluding hydrogens is 412 g/mol. The summed E-state index contributed by atoms with van der Waals surface area (Å²) in [6, 6.07) is 0. The van der Waals surface area contributed by atoms with Crippen molar-refractivity contribution in [2.75, 3.05) is 0 Å². The summed E-state index contributed by atoms with van der Waals surface area (Å²) in [5, 5.41) is 21.9. The zero-order valence-corrected chi connectivity index (χ0v) is 21.9. The van der Waals surface area contributed by atoms with E-state index in [-0.39, 0.29) is 27.3 Å². The van der Waals surface area contributed by atoms with Gasteiger partial charge in [0.25, 0.3) is 0 Å². The normalized spacial score (nSPS) is 60.3. The van der Waals surface area contributed by atoms with E-state index in [0.29, 0.717) is 29.6 Å². The minimum atomic E-state index is -0.661. The molecule has 2 aliphatic heterocycles. The Morgan fingerprint density at radius 2 is 1.33 bits per heavy atom. The van der Waals surface area contributed by atoms with E-state index >= 15 is 0 Å². The Kier molecular flexibility index (Phi) is 4.38. The van der Waals surface area contributed by atoms with Gasteiger partial charge in [0.15, 0.2) is 0 Å².